The number of anilines is 3. The van der Waals surface area contributed by atoms with Crippen molar-refractivity contribution in [3.8, 4) is 0 Å². The Bertz CT molecular complexity index is 1370. The molecule has 3 aliphatic rings. The molecule has 0 radical (unpaired) electrons. The molecular weight excluding hydrogens is 484 g/mol. The van der Waals surface area contributed by atoms with Crippen molar-refractivity contribution in [3.05, 3.63) is 60.3 Å². The summed E-state index contributed by atoms with van der Waals surface area (Å²) in [6.45, 7) is 1.57. The van der Waals surface area contributed by atoms with Gasteiger partial charge in [-0.2, -0.15) is 0 Å². The molecule has 2 amide bonds. The van der Waals surface area contributed by atoms with Gasteiger partial charge in [0.2, 0.25) is 5.91 Å². The number of hydrogen-bond acceptors (Lipinski definition) is 7. The molecule has 8 nitrogen and oxygen atoms in total. The van der Waals surface area contributed by atoms with E-state index < -0.39 is 0 Å². The van der Waals surface area contributed by atoms with Gasteiger partial charge in [0.15, 0.2) is 0 Å². The maximum atomic E-state index is 12.9. The molecule has 2 bridgehead atoms. The van der Waals surface area contributed by atoms with Crippen molar-refractivity contribution in [1.82, 2.24) is 14.8 Å². The minimum absolute atomic E-state index is 0.0318. The van der Waals surface area contributed by atoms with Crippen LogP contribution in [0.1, 0.15) is 23.2 Å². The van der Waals surface area contributed by atoms with Gasteiger partial charge in [0, 0.05) is 52.7 Å². The first-order valence-electron chi connectivity index (χ1n) is 12.8. The second-order valence-electron chi connectivity index (χ2n) is 10.6. The van der Waals surface area contributed by atoms with Crippen LogP contribution in [0, 0.1) is 17.8 Å². The molecule has 5 unspecified atom stereocenters. The topological polar surface area (TPSA) is 104 Å². The number of aromatic nitrogens is 1. The maximum Gasteiger partial charge on any atom is 0.253 e. The minimum Gasteiger partial charge on any atom is -0.369 e. The molecule has 2 fully saturated rings. The van der Waals surface area contributed by atoms with Crippen LogP contribution in [-0.2, 0) is 4.79 Å². The predicted octanol–water partition coefficient (Wildman–Crippen LogP) is 3.90. The summed E-state index contributed by atoms with van der Waals surface area (Å²) in [4.78, 5) is 33.8. The standard InChI is InChI=1S/C28H32N6O2S/c1-33(2)20-10-12-34(15-20)28(36)16-5-7-19(8-6-16)31-23-14-21-22(37-23)9-11-30-27(21)32-25-18-4-3-17(13-18)24(25)26(29)35/h3-9,11,14,17-18,20,24-25,31H,10,12-13,15H2,1-2H3,(H2,29,35)(H,30,32). The normalized spacial score (nSPS) is 26.4. The molecule has 3 aromatic rings. The summed E-state index contributed by atoms with van der Waals surface area (Å²) < 4.78 is 1.10. The van der Waals surface area contributed by atoms with Gasteiger partial charge in [-0.3, -0.25) is 9.59 Å². The molecule has 5 atom stereocenters. The van der Waals surface area contributed by atoms with Gasteiger partial charge < -0.3 is 26.2 Å². The highest BCUT2D eigenvalue weighted by atomic mass is 32.1. The first-order valence-corrected chi connectivity index (χ1v) is 13.6. The van der Waals surface area contributed by atoms with Crippen molar-refractivity contribution >= 4 is 49.7 Å². The smallest absolute Gasteiger partial charge is 0.253 e. The molecule has 0 spiro atoms. The Morgan fingerprint density at radius 2 is 1.92 bits per heavy atom. The van der Waals surface area contributed by atoms with Crippen LogP contribution >= 0.6 is 11.3 Å². The van der Waals surface area contributed by atoms with Crippen molar-refractivity contribution < 1.29 is 9.59 Å². The van der Waals surface area contributed by atoms with Crippen molar-refractivity contribution in [2.24, 2.45) is 23.5 Å². The van der Waals surface area contributed by atoms with Gasteiger partial charge in [0.1, 0.15) is 5.82 Å². The van der Waals surface area contributed by atoms with E-state index in [2.05, 4.69) is 52.8 Å². The fourth-order valence-corrected chi connectivity index (χ4v) is 7.05. The van der Waals surface area contributed by atoms with E-state index in [1.165, 1.54) is 0 Å². The summed E-state index contributed by atoms with van der Waals surface area (Å²) in [6.07, 6.45) is 8.10. The third kappa shape index (κ3) is 4.46. The van der Waals surface area contributed by atoms with Crippen LogP contribution in [0.4, 0.5) is 16.5 Å². The number of primary amides is 1. The van der Waals surface area contributed by atoms with Crippen LogP contribution in [0.5, 0.6) is 0 Å². The van der Waals surface area contributed by atoms with Crippen molar-refractivity contribution in [2.45, 2.75) is 24.9 Å². The van der Waals surface area contributed by atoms with Crippen molar-refractivity contribution in [2.75, 3.05) is 37.8 Å². The molecular formula is C28H32N6O2S. The fraction of sp³-hybridized carbons (Fsp3) is 0.393. The van der Waals surface area contributed by atoms with Crippen LogP contribution in [-0.4, -0.2) is 65.9 Å². The molecule has 1 saturated carbocycles. The number of benzene rings is 1. The fourth-order valence-electron chi connectivity index (χ4n) is 6.07. The SMILES string of the molecule is CN(C)C1CCN(C(=O)c2ccc(Nc3cc4c(NC5C6C=CC(C6)C5C(N)=O)nccc4s3)cc2)C1. The lowest BCUT2D eigenvalue weighted by Crippen LogP contribution is -2.41. The lowest BCUT2D eigenvalue weighted by Gasteiger charge is -2.27. The average Bonchev–Trinajstić information content (AvgIpc) is 3.67. The zero-order valence-corrected chi connectivity index (χ0v) is 21.9. The van der Waals surface area contributed by atoms with E-state index in [0.29, 0.717) is 17.5 Å². The van der Waals surface area contributed by atoms with E-state index in [-0.39, 0.29) is 29.7 Å². The Balaban J connectivity index is 1.16. The summed E-state index contributed by atoms with van der Waals surface area (Å²) in [7, 11) is 4.13. The van der Waals surface area contributed by atoms with Crippen LogP contribution < -0.4 is 16.4 Å². The molecule has 2 aromatic heterocycles. The number of nitrogens with one attached hydrogen (secondary N) is 2. The summed E-state index contributed by atoms with van der Waals surface area (Å²) in [5, 5.41) is 9.02. The van der Waals surface area contributed by atoms with E-state index in [1.807, 2.05) is 35.2 Å². The molecule has 192 valence electrons. The summed E-state index contributed by atoms with van der Waals surface area (Å²) in [6, 6.07) is 12.2. The molecule has 37 heavy (non-hydrogen) atoms. The van der Waals surface area contributed by atoms with Gasteiger partial charge in [0.25, 0.3) is 5.91 Å². The molecule has 1 saturated heterocycles. The molecule has 2 aliphatic carbocycles. The Morgan fingerprint density at radius 3 is 2.65 bits per heavy atom. The number of likely N-dealkylation sites (tertiary alicyclic amines) is 1. The molecule has 3 heterocycles. The number of likely N-dealkylation sites (N-methyl/N-ethyl adjacent to an activating group) is 1. The van der Waals surface area contributed by atoms with Gasteiger partial charge in [-0.25, -0.2) is 4.98 Å². The lowest BCUT2D eigenvalue weighted by atomic mass is 9.88. The maximum absolute atomic E-state index is 12.9. The van der Waals surface area contributed by atoms with E-state index in [4.69, 9.17) is 5.73 Å². The van der Waals surface area contributed by atoms with Gasteiger partial charge in [-0.1, -0.05) is 12.2 Å². The second kappa shape index (κ2) is 9.46. The molecule has 9 heteroatoms. The number of rotatable bonds is 7. The van der Waals surface area contributed by atoms with Crippen LogP contribution in [0.25, 0.3) is 10.1 Å². The Kier molecular flexibility index (Phi) is 6.12. The van der Waals surface area contributed by atoms with E-state index >= 15 is 0 Å². The van der Waals surface area contributed by atoms with Crippen molar-refractivity contribution in [3.63, 3.8) is 0 Å². The monoisotopic (exact) mass is 516 g/mol. The number of nitrogens with zero attached hydrogens (tertiary/aromatic N) is 3. The third-order valence-corrected chi connectivity index (χ3v) is 9.13. The van der Waals surface area contributed by atoms with E-state index in [0.717, 1.165) is 52.5 Å². The van der Waals surface area contributed by atoms with Gasteiger partial charge in [-0.05, 0) is 75.2 Å². The van der Waals surface area contributed by atoms with Gasteiger partial charge in [0.05, 0.1) is 10.9 Å². The summed E-state index contributed by atoms with van der Waals surface area (Å²) >= 11 is 1.64. The Labute approximate surface area is 220 Å². The van der Waals surface area contributed by atoms with Crippen LogP contribution in [0.2, 0.25) is 0 Å². The molecule has 4 N–H and O–H groups in total. The molecule has 1 aromatic carbocycles. The van der Waals surface area contributed by atoms with Crippen LogP contribution in [0.3, 0.4) is 0 Å². The Morgan fingerprint density at radius 1 is 1.14 bits per heavy atom. The number of nitrogens with two attached hydrogens (primary N) is 1. The largest absolute Gasteiger partial charge is 0.369 e. The number of hydrogen-bond donors (Lipinski definition) is 3. The summed E-state index contributed by atoms with van der Waals surface area (Å²) in [5.41, 5.74) is 7.38. The molecule has 1 aliphatic heterocycles. The highest BCUT2D eigenvalue weighted by molar-refractivity contribution is 7.22. The number of thiophene rings is 1. The second-order valence-corrected chi connectivity index (χ2v) is 11.7. The van der Waals surface area contributed by atoms with Crippen molar-refractivity contribution in [1.29, 1.82) is 0 Å². The quantitative estimate of drug-likeness (QED) is 0.412. The highest BCUT2D eigenvalue weighted by Crippen LogP contribution is 2.45. The minimum atomic E-state index is -0.252. The first kappa shape index (κ1) is 23.9. The zero-order valence-electron chi connectivity index (χ0n) is 21.1. The number of pyridine rings is 1. The van der Waals surface area contributed by atoms with Gasteiger partial charge >= 0.3 is 0 Å². The summed E-state index contributed by atoms with van der Waals surface area (Å²) in [5.74, 6) is 0.919. The first-order chi connectivity index (χ1) is 17.9. The Hall–Kier alpha value is -3.43. The van der Waals surface area contributed by atoms with E-state index in [9.17, 15) is 9.59 Å². The number of fused-ring (bicyclic) bond motifs is 3. The highest BCUT2D eigenvalue weighted by Gasteiger charge is 2.47. The lowest BCUT2D eigenvalue weighted by molar-refractivity contribution is -0.122. The number of carbonyl (C=O) groups is 2. The van der Waals surface area contributed by atoms with E-state index in [1.54, 1.807) is 17.5 Å². The van der Waals surface area contributed by atoms with Crippen LogP contribution in [0.15, 0.2) is 54.7 Å². The number of carbonyl (C=O) groups excluding carboxylic acids is 2. The average molecular weight is 517 g/mol. The number of allylic oxidation sites excluding steroid dienone is 1. The van der Waals surface area contributed by atoms with Gasteiger partial charge in [-0.15, -0.1) is 11.3 Å². The molecule has 6 rings (SSSR count). The third-order valence-electron chi connectivity index (χ3n) is 8.12. The zero-order chi connectivity index (χ0) is 25.7. The predicted molar refractivity (Wildman–Crippen MR) is 148 cm³/mol. The number of amides is 2.